The van der Waals surface area contributed by atoms with Crippen molar-refractivity contribution in [2.75, 3.05) is 32.9 Å². The monoisotopic (exact) mass is 466 g/mol. The zero-order chi connectivity index (χ0) is 24.1. The second-order valence-corrected chi connectivity index (χ2v) is 8.43. The second-order valence-electron chi connectivity index (χ2n) is 8.43. The molecule has 0 atom stereocenters. The zero-order valence-electron chi connectivity index (χ0n) is 19.8. The van der Waals surface area contributed by atoms with Gasteiger partial charge in [-0.05, 0) is 38.0 Å². The van der Waals surface area contributed by atoms with Crippen molar-refractivity contribution in [3.8, 4) is 5.82 Å². The average Bonchev–Trinajstić information content (AvgIpc) is 3.39. The number of aryl methyl sites for hydroxylation is 2. The van der Waals surface area contributed by atoms with E-state index in [0.717, 1.165) is 49.7 Å². The molecule has 1 saturated heterocycles. The number of hydrogen-bond donors (Lipinski definition) is 1. The number of rotatable bonds is 8. The van der Waals surface area contributed by atoms with Gasteiger partial charge in [-0.15, -0.1) is 0 Å². The number of carbonyl (C=O) groups is 2. The van der Waals surface area contributed by atoms with Crippen LogP contribution in [0.1, 0.15) is 38.6 Å². The Balaban J connectivity index is 1.32. The van der Waals surface area contributed by atoms with Gasteiger partial charge in [-0.25, -0.2) is 4.79 Å². The molecular weight excluding hydrogens is 436 g/mol. The standard InChI is InChI=1S/C25H30N4O5/c1-17-12-22(19(3)29(17)23-13-18(2)34-27-23)25(31)33-16-24(30)26-14-20-6-4-5-7-21(20)15-28-8-10-32-11-9-28/h4-7,12-13H,8-11,14-16H2,1-3H3,(H,26,30). The largest absolute Gasteiger partial charge is 0.452 e. The van der Waals surface area contributed by atoms with E-state index in [1.807, 2.05) is 29.7 Å². The molecule has 9 nitrogen and oxygen atoms in total. The first-order valence-electron chi connectivity index (χ1n) is 11.4. The maximum absolute atomic E-state index is 12.6. The lowest BCUT2D eigenvalue weighted by molar-refractivity contribution is -0.124. The fourth-order valence-electron chi connectivity index (χ4n) is 4.12. The first-order chi connectivity index (χ1) is 16.4. The summed E-state index contributed by atoms with van der Waals surface area (Å²) in [6, 6.07) is 11.5. The molecule has 34 heavy (non-hydrogen) atoms. The summed E-state index contributed by atoms with van der Waals surface area (Å²) in [6.07, 6.45) is 0. The highest BCUT2D eigenvalue weighted by Crippen LogP contribution is 2.21. The van der Waals surface area contributed by atoms with Gasteiger partial charge in [0.2, 0.25) is 0 Å². The van der Waals surface area contributed by atoms with E-state index in [-0.39, 0.29) is 12.5 Å². The van der Waals surface area contributed by atoms with E-state index >= 15 is 0 Å². The van der Waals surface area contributed by atoms with Gasteiger partial charge in [-0.3, -0.25) is 14.3 Å². The number of ether oxygens (including phenoxy) is 2. The van der Waals surface area contributed by atoms with E-state index < -0.39 is 5.97 Å². The Hall–Kier alpha value is -3.43. The molecule has 0 unspecified atom stereocenters. The van der Waals surface area contributed by atoms with Crippen LogP contribution < -0.4 is 5.32 Å². The van der Waals surface area contributed by atoms with Gasteiger partial charge in [-0.2, -0.15) is 0 Å². The number of amides is 1. The minimum absolute atomic E-state index is 0.350. The van der Waals surface area contributed by atoms with Gasteiger partial charge in [-0.1, -0.05) is 29.4 Å². The van der Waals surface area contributed by atoms with Gasteiger partial charge in [0, 0.05) is 43.6 Å². The number of esters is 1. The molecule has 1 fully saturated rings. The van der Waals surface area contributed by atoms with Crippen LogP contribution in [0.4, 0.5) is 0 Å². The van der Waals surface area contributed by atoms with Crippen molar-refractivity contribution in [1.82, 2.24) is 19.9 Å². The molecule has 3 aromatic rings. The van der Waals surface area contributed by atoms with E-state index in [0.29, 0.717) is 29.4 Å². The van der Waals surface area contributed by atoms with Gasteiger partial charge in [0.05, 0.1) is 18.8 Å². The Kier molecular flexibility index (Phi) is 7.44. The molecule has 1 aliphatic heterocycles. The first-order valence-corrected chi connectivity index (χ1v) is 11.4. The van der Waals surface area contributed by atoms with Crippen molar-refractivity contribution in [1.29, 1.82) is 0 Å². The molecule has 0 radical (unpaired) electrons. The fourth-order valence-corrected chi connectivity index (χ4v) is 4.12. The van der Waals surface area contributed by atoms with Crippen LogP contribution in [0.25, 0.3) is 5.82 Å². The summed E-state index contributed by atoms with van der Waals surface area (Å²) < 4.78 is 17.7. The minimum atomic E-state index is -0.553. The van der Waals surface area contributed by atoms with E-state index in [2.05, 4.69) is 21.4 Å². The highest BCUT2D eigenvalue weighted by Gasteiger charge is 2.20. The van der Waals surface area contributed by atoms with Gasteiger partial charge < -0.3 is 19.3 Å². The summed E-state index contributed by atoms with van der Waals surface area (Å²) in [5.41, 5.74) is 4.09. The Morgan fingerprint density at radius 1 is 1.09 bits per heavy atom. The van der Waals surface area contributed by atoms with Crippen LogP contribution in [0.15, 0.2) is 40.9 Å². The van der Waals surface area contributed by atoms with Crippen LogP contribution in [0.2, 0.25) is 0 Å². The van der Waals surface area contributed by atoms with Crippen LogP contribution in [0.3, 0.4) is 0 Å². The van der Waals surface area contributed by atoms with Gasteiger partial charge in [0.25, 0.3) is 5.91 Å². The summed E-state index contributed by atoms with van der Waals surface area (Å²) >= 11 is 0. The van der Waals surface area contributed by atoms with Gasteiger partial charge in [0.15, 0.2) is 12.4 Å². The van der Waals surface area contributed by atoms with Crippen LogP contribution in [0.5, 0.6) is 0 Å². The van der Waals surface area contributed by atoms with Crippen molar-refractivity contribution < 1.29 is 23.6 Å². The van der Waals surface area contributed by atoms with E-state index in [1.54, 1.807) is 26.0 Å². The van der Waals surface area contributed by atoms with Crippen molar-refractivity contribution in [3.63, 3.8) is 0 Å². The highest BCUT2D eigenvalue weighted by atomic mass is 16.5. The van der Waals surface area contributed by atoms with Crippen LogP contribution >= 0.6 is 0 Å². The Morgan fingerprint density at radius 3 is 2.53 bits per heavy atom. The number of aromatic nitrogens is 2. The second kappa shape index (κ2) is 10.7. The summed E-state index contributed by atoms with van der Waals surface area (Å²) in [7, 11) is 0. The lowest BCUT2D eigenvalue weighted by atomic mass is 10.1. The Morgan fingerprint density at radius 2 is 1.82 bits per heavy atom. The molecule has 180 valence electrons. The summed E-state index contributed by atoms with van der Waals surface area (Å²) in [5, 5.41) is 6.87. The third kappa shape index (κ3) is 5.55. The summed E-state index contributed by atoms with van der Waals surface area (Å²) in [5.74, 6) is 0.368. The van der Waals surface area contributed by atoms with E-state index in [1.165, 1.54) is 0 Å². The molecule has 2 aromatic heterocycles. The highest BCUT2D eigenvalue weighted by molar-refractivity contribution is 5.93. The van der Waals surface area contributed by atoms with Crippen LogP contribution in [-0.2, 0) is 27.4 Å². The molecule has 1 aromatic carbocycles. The van der Waals surface area contributed by atoms with Crippen molar-refractivity contribution in [2.45, 2.75) is 33.9 Å². The topological polar surface area (TPSA) is 98.8 Å². The maximum Gasteiger partial charge on any atom is 0.340 e. The zero-order valence-corrected chi connectivity index (χ0v) is 19.8. The van der Waals surface area contributed by atoms with Crippen molar-refractivity contribution in [3.05, 3.63) is 70.2 Å². The minimum Gasteiger partial charge on any atom is -0.452 e. The van der Waals surface area contributed by atoms with Crippen LogP contribution in [0, 0.1) is 20.8 Å². The lowest BCUT2D eigenvalue weighted by Gasteiger charge is -2.27. The Bertz CT molecular complexity index is 1160. The third-order valence-electron chi connectivity index (χ3n) is 5.92. The molecule has 0 spiro atoms. The number of nitrogens with zero attached hydrogens (tertiary/aromatic N) is 3. The Labute approximate surface area is 198 Å². The summed E-state index contributed by atoms with van der Waals surface area (Å²) in [4.78, 5) is 27.4. The van der Waals surface area contributed by atoms with E-state index in [9.17, 15) is 9.59 Å². The molecule has 1 N–H and O–H groups in total. The first kappa shape index (κ1) is 23.7. The molecule has 9 heteroatoms. The quantitative estimate of drug-likeness (QED) is 0.510. The molecule has 4 rings (SSSR count). The number of benzene rings is 1. The SMILES string of the molecule is Cc1cc(-n2c(C)cc(C(=O)OCC(=O)NCc3ccccc3CN3CCOCC3)c2C)no1. The summed E-state index contributed by atoms with van der Waals surface area (Å²) in [6.45, 7) is 9.59. The average molecular weight is 467 g/mol. The molecule has 1 amide bonds. The van der Waals surface area contributed by atoms with Crippen molar-refractivity contribution in [2.24, 2.45) is 0 Å². The maximum atomic E-state index is 12.6. The van der Waals surface area contributed by atoms with Gasteiger partial charge in [0.1, 0.15) is 5.76 Å². The predicted molar refractivity (Wildman–Crippen MR) is 125 cm³/mol. The van der Waals surface area contributed by atoms with Gasteiger partial charge >= 0.3 is 5.97 Å². The predicted octanol–water partition coefficient (Wildman–Crippen LogP) is 2.70. The number of morpholine rings is 1. The number of nitrogens with one attached hydrogen (secondary N) is 1. The smallest absolute Gasteiger partial charge is 0.340 e. The molecule has 3 heterocycles. The molecule has 0 bridgehead atoms. The molecule has 0 saturated carbocycles. The lowest BCUT2D eigenvalue weighted by Crippen LogP contribution is -2.36. The number of hydrogen-bond acceptors (Lipinski definition) is 7. The molecule has 0 aliphatic carbocycles. The fraction of sp³-hybridized carbons (Fsp3) is 0.400. The molecule has 1 aliphatic rings. The van der Waals surface area contributed by atoms with Crippen molar-refractivity contribution >= 4 is 11.9 Å². The third-order valence-corrected chi connectivity index (χ3v) is 5.92. The number of carbonyl (C=O) groups excluding carboxylic acids is 2. The molecular formula is C25H30N4O5. The van der Waals surface area contributed by atoms with E-state index in [4.69, 9.17) is 14.0 Å². The normalized spacial score (nSPS) is 14.2. The van der Waals surface area contributed by atoms with Crippen LogP contribution in [-0.4, -0.2) is 59.4 Å².